The first-order valence-corrected chi connectivity index (χ1v) is 9.72. The third kappa shape index (κ3) is 3.94. The van der Waals surface area contributed by atoms with Crippen molar-refractivity contribution in [1.82, 2.24) is 19.4 Å². The van der Waals surface area contributed by atoms with Gasteiger partial charge in [-0.05, 0) is 30.9 Å². The normalized spacial score (nSPS) is 17.2. The summed E-state index contributed by atoms with van der Waals surface area (Å²) in [7, 11) is 0. The molecule has 3 aromatic rings. The summed E-state index contributed by atoms with van der Waals surface area (Å²) in [5, 5.41) is 5.03. The first-order chi connectivity index (χ1) is 12.8. The van der Waals surface area contributed by atoms with Crippen molar-refractivity contribution in [2.24, 2.45) is 5.92 Å². The maximum Gasteiger partial charge on any atom is 0.321 e. The summed E-state index contributed by atoms with van der Waals surface area (Å²) in [5.74, 6) is 0.468. The number of benzene rings is 1. The minimum atomic E-state index is -0.0262. The Balaban J connectivity index is 1.35. The van der Waals surface area contributed by atoms with Gasteiger partial charge in [-0.1, -0.05) is 12.1 Å². The maximum atomic E-state index is 12.6. The van der Waals surface area contributed by atoms with E-state index in [1.54, 1.807) is 17.5 Å². The second kappa shape index (κ2) is 7.70. The van der Waals surface area contributed by atoms with Crippen molar-refractivity contribution in [2.75, 3.05) is 18.4 Å². The van der Waals surface area contributed by atoms with Gasteiger partial charge in [0.2, 0.25) is 0 Å². The monoisotopic (exact) mass is 367 g/mol. The van der Waals surface area contributed by atoms with Crippen LogP contribution in [0.5, 0.6) is 0 Å². The van der Waals surface area contributed by atoms with Crippen LogP contribution in [0.25, 0.3) is 11.3 Å². The first kappa shape index (κ1) is 16.8. The van der Waals surface area contributed by atoms with Crippen LogP contribution in [0.4, 0.5) is 10.5 Å². The summed E-state index contributed by atoms with van der Waals surface area (Å²) in [6.07, 6.45) is 7.79. The number of imidazole rings is 1. The van der Waals surface area contributed by atoms with Crippen molar-refractivity contribution in [3.63, 3.8) is 0 Å². The number of nitrogens with one attached hydrogen (secondary N) is 1. The number of rotatable bonds is 4. The molecule has 2 amide bonds. The van der Waals surface area contributed by atoms with Crippen molar-refractivity contribution in [2.45, 2.75) is 19.4 Å². The zero-order valence-electron chi connectivity index (χ0n) is 14.4. The fourth-order valence-electron chi connectivity index (χ4n) is 3.37. The van der Waals surface area contributed by atoms with E-state index in [4.69, 9.17) is 0 Å². The van der Waals surface area contributed by atoms with Gasteiger partial charge < -0.3 is 14.8 Å². The lowest BCUT2D eigenvalue weighted by atomic mass is 9.98. The third-order valence-electron chi connectivity index (χ3n) is 4.70. The quantitative estimate of drug-likeness (QED) is 0.759. The minimum absolute atomic E-state index is 0.0262. The molecule has 1 saturated heterocycles. The van der Waals surface area contributed by atoms with Gasteiger partial charge >= 0.3 is 6.03 Å². The Morgan fingerprint density at radius 2 is 2.19 bits per heavy atom. The summed E-state index contributed by atoms with van der Waals surface area (Å²) in [6.45, 7) is 2.50. The molecule has 6 nitrogen and oxygen atoms in total. The Kier molecular flexibility index (Phi) is 4.97. The highest BCUT2D eigenvalue weighted by atomic mass is 32.1. The summed E-state index contributed by atoms with van der Waals surface area (Å²) in [4.78, 5) is 22.9. The Morgan fingerprint density at radius 3 is 2.92 bits per heavy atom. The Hall–Kier alpha value is -2.67. The molecule has 1 aliphatic heterocycles. The zero-order valence-corrected chi connectivity index (χ0v) is 15.2. The number of aromatic nitrogens is 3. The van der Waals surface area contributed by atoms with Gasteiger partial charge in [-0.15, -0.1) is 11.3 Å². The van der Waals surface area contributed by atoms with Gasteiger partial charge in [-0.25, -0.2) is 14.8 Å². The molecule has 26 heavy (non-hydrogen) atoms. The molecule has 1 N–H and O–H groups in total. The average molecular weight is 367 g/mol. The summed E-state index contributed by atoms with van der Waals surface area (Å²) >= 11 is 1.58. The van der Waals surface area contributed by atoms with E-state index in [0.29, 0.717) is 5.92 Å². The zero-order chi connectivity index (χ0) is 17.8. The lowest BCUT2D eigenvalue weighted by Crippen LogP contribution is -2.43. The first-order valence-electron chi connectivity index (χ1n) is 8.78. The molecule has 0 aliphatic carbocycles. The number of thiazole rings is 1. The van der Waals surface area contributed by atoms with Crippen molar-refractivity contribution >= 4 is 23.1 Å². The molecule has 4 rings (SSSR count). The molecule has 1 fully saturated rings. The number of likely N-dealkylation sites (tertiary alicyclic amines) is 1. The highest BCUT2D eigenvalue weighted by Gasteiger charge is 2.24. The predicted octanol–water partition coefficient (Wildman–Crippen LogP) is 3.95. The van der Waals surface area contributed by atoms with Crippen LogP contribution in [0.15, 0.2) is 53.9 Å². The molecule has 1 aliphatic rings. The number of nitrogens with zero attached hydrogens (tertiary/aromatic N) is 4. The lowest BCUT2D eigenvalue weighted by molar-refractivity contribution is 0.170. The van der Waals surface area contributed by atoms with Crippen molar-refractivity contribution in [3.05, 3.63) is 53.9 Å². The minimum Gasteiger partial charge on any atom is -0.337 e. The summed E-state index contributed by atoms with van der Waals surface area (Å²) in [5.41, 5.74) is 4.65. The number of anilines is 1. The van der Waals surface area contributed by atoms with Gasteiger partial charge in [0.25, 0.3) is 0 Å². The molecule has 0 bridgehead atoms. The Bertz CT molecular complexity index is 829. The average Bonchev–Trinajstić information content (AvgIpc) is 3.36. The third-order valence-corrected chi connectivity index (χ3v) is 5.29. The topological polar surface area (TPSA) is 63.1 Å². The maximum absolute atomic E-state index is 12.6. The fourth-order valence-corrected chi connectivity index (χ4v) is 3.93. The Morgan fingerprint density at radius 1 is 1.31 bits per heavy atom. The molecule has 0 spiro atoms. The molecule has 2 aromatic heterocycles. The van der Waals surface area contributed by atoms with E-state index < -0.39 is 0 Å². The van der Waals surface area contributed by atoms with Crippen LogP contribution in [-0.2, 0) is 6.54 Å². The Labute approximate surface area is 156 Å². The van der Waals surface area contributed by atoms with Crippen LogP contribution in [0.2, 0.25) is 0 Å². The van der Waals surface area contributed by atoms with Crippen LogP contribution < -0.4 is 5.32 Å². The summed E-state index contributed by atoms with van der Waals surface area (Å²) < 4.78 is 2.09. The van der Waals surface area contributed by atoms with E-state index in [-0.39, 0.29) is 6.03 Å². The molecule has 0 radical (unpaired) electrons. The highest BCUT2D eigenvalue weighted by molar-refractivity contribution is 7.07. The van der Waals surface area contributed by atoms with E-state index >= 15 is 0 Å². The van der Waals surface area contributed by atoms with Gasteiger partial charge in [0.05, 0.1) is 17.5 Å². The van der Waals surface area contributed by atoms with E-state index in [1.165, 1.54) is 0 Å². The summed E-state index contributed by atoms with van der Waals surface area (Å²) in [6, 6.07) is 7.81. The number of carbonyl (C=O) groups is 1. The molecule has 1 atom stereocenters. The van der Waals surface area contributed by atoms with Crippen molar-refractivity contribution < 1.29 is 4.79 Å². The van der Waals surface area contributed by atoms with Crippen molar-refractivity contribution in [3.8, 4) is 11.3 Å². The molecule has 0 saturated carbocycles. The van der Waals surface area contributed by atoms with E-state index in [0.717, 1.165) is 49.4 Å². The number of hydrogen-bond acceptors (Lipinski definition) is 4. The lowest BCUT2D eigenvalue weighted by Gasteiger charge is -2.33. The van der Waals surface area contributed by atoms with Crippen LogP contribution in [0.3, 0.4) is 0 Å². The van der Waals surface area contributed by atoms with E-state index in [1.807, 2.05) is 52.6 Å². The predicted molar refractivity (Wildman–Crippen MR) is 103 cm³/mol. The molecular weight excluding hydrogens is 346 g/mol. The van der Waals surface area contributed by atoms with E-state index in [9.17, 15) is 4.79 Å². The van der Waals surface area contributed by atoms with Gasteiger partial charge in [-0.2, -0.15) is 0 Å². The highest BCUT2D eigenvalue weighted by Crippen LogP contribution is 2.22. The van der Waals surface area contributed by atoms with Crippen molar-refractivity contribution in [1.29, 1.82) is 0 Å². The molecule has 7 heteroatoms. The number of carbonyl (C=O) groups excluding carboxylic acids is 1. The second-order valence-electron chi connectivity index (χ2n) is 6.59. The van der Waals surface area contributed by atoms with Crippen LogP contribution in [-0.4, -0.2) is 38.6 Å². The van der Waals surface area contributed by atoms with Crippen LogP contribution >= 0.6 is 11.3 Å². The number of hydrogen-bond donors (Lipinski definition) is 1. The van der Waals surface area contributed by atoms with E-state index in [2.05, 4.69) is 19.9 Å². The standard InChI is InChI=1S/C19H21N5OS/c25-19(22-17-5-3-16(4-6-17)18-12-26-14-21-18)24-8-1-2-15(11-24)10-23-9-7-20-13-23/h3-7,9,12-15H,1-2,8,10-11H2,(H,22,25). The molecule has 134 valence electrons. The molecule has 1 aromatic carbocycles. The number of piperidine rings is 1. The fraction of sp³-hybridized carbons (Fsp3) is 0.316. The molecule has 3 heterocycles. The van der Waals surface area contributed by atoms with Gasteiger partial charge in [0, 0.05) is 48.7 Å². The van der Waals surface area contributed by atoms with Gasteiger partial charge in [-0.3, -0.25) is 0 Å². The number of urea groups is 1. The molecular formula is C19H21N5OS. The molecule has 1 unspecified atom stereocenters. The van der Waals surface area contributed by atoms with Gasteiger partial charge in [0.1, 0.15) is 0 Å². The number of amides is 2. The van der Waals surface area contributed by atoms with Gasteiger partial charge in [0.15, 0.2) is 0 Å². The second-order valence-corrected chi connectivity index (χ2v) is 7.31. The smallest absolute Gasteiger partial charge is 0.321 e. The SMILES string of the molecule is O=C(Nc1ccc(-c2cscn2)cc1)N1CCCC(Cn2ccnc2)C1. The van der Waals surface area contributed by atoms with Crippen LogP contribution in [0, 0.1) is 5.92 Å². The van der Waals surface area contributed by atoms with Crippen LogP contribution in [0.1, 0.15) is 12.8 Å². The largest absolute Gasteiger partial charge is 0.337 e.